The molecule has 0 radical (unpaired) electrons. The topological polar surface area (TPSA) is 40.5 Å². The first kappa shape index (κ1) is 11.6. The van der Waals surface area contributed by atoms with Crippen molar-refractivity contribution < 1.29 is 14.4 Å². The molecule has 1 rings (SSSR count). The standard InChI is InChI=1S/C9H12BFO2S/c1-3-14-9-5-7(10(12)13)8(11)4-6(9)2/h4-5,12-13H,3H2,1-2H3. The van der Waals surface area contributed by atoms with Gasteiger partial charge in [-0.3, -0.25) is 0 Å². The zero-order valence-electron chi connectivity index (χ0n) is 8.12. The second-order valence-corrected chi connectivity index (χ2v) is 4.25. The first-order valence-electron chi connectivity index (χ1n) is 4.35. The van der Waals surface area contributed by atoms with Crippen molar-refractivity contribution in [1.29, 1.82) is 0 Å². The van der Waals surface area contributed by atoms with Crippen LogP contribution in [-0.4, -0.2) is 22.9 Å². The van der Waals surface area contributed by atoms with Gasteiger partial charge in [-0.2, -0.15) is 0 Å². The second kappa shape index (κ2) is 4.82. The van der Waals surface area contributed by atoms with Gasteiger partial charge in [-0.25, -0.2) is 4.39 Å². The van der Waals surface area contributed by atoms with E-state index in [-0.39, 0.29) is 5.46 Å². The second-order valence-electron chi connectivity index (χ2n) is 2.95. The fourth-order valence-electron chi connectivity index (χ4n) is 1.18. The predicted molar refractivity (Wildman–Crippen MR) is 57.4 cm³/mol. The molecule has 2 N–H and O–H groups in total. The summed E-state index contributed by atoms with van der Waals surface area (Å²) in [6.07, 6.45) is 0. The van der Waals surface area contributed by atoms with Crippen LogP contribution in [0.15, 0.2) is 17.0 Å². The van der Waals surface area contributed by atoms with Crippen LogP contribution in [-0.2, 0) is 0 Å². The minimum absolute atomic E-state index is 0.0634. The maximum absolute atomic E-state index is 13.2. The molecular formula is C9H12BFO2S. The van der Waals surface area contributed by atoms with Crippen molar-refractivity contribution in [2.24, 2.45) is 0 Å². The summed E-state index contributed by atoms with van der Waals surface area (Å²) in [6.45, 7) is 3.79. The van der Waals surface area contributed by atoms with Gasteiger partial charge in [-0.1, -0.05) is 6.92 Å². The lowest BCUT2D eigenvalue weighted by atomic mass is 9.79. The molecule has 0 atom stereocenters. The van der Waals surface area contributed by atoms with E-state index in [1.165, 1.54) is 12.1 Å². The molecular weight excluding hydrogens is 202 g/mol. The van der Waals surface area contributed by atoms with Gasteiger partial charge in [0.2, 0.25) is 0 Å². The van der Waals surface area contributed by atoms with E-state index in [0.29, 0.717) is 0 Å². The van der Waals surface area contributed by atoms with Crippen molar-refractivity contribution in [2.75, 3.05) is 5.75 Å². The molecule has 0 unspecified atom stereocenters. The highest BCUT2D eigenvalue weighted by molar-refractivity contribution is 7.99. The molecule has 0 bridgehead atoms. The van der Waals surface area contributed by atoms with E-state index in [1.807, 2.05) is 6.92 Å². The van der Waals surface area contributed by atoms with Crippen molar-refractivity contribution in [3.05, 3.63) is 23.5 Å². The van der Waals surface area contributed by atoms with Gasteiger partial charge in [-0.15, -0.1) is 11.8 Å². The molecule has 0 saturated carbocycles. The maximum atomic E-state index is 13.2. The van der Waals surface area contributed by atoms with Crippen LogP contribution >= 0.6 is 11.8 Å². The first-order chi connectivity index (χ1) is 6.56. The van der Waals surface area contributed by atoms with E-state index >= 15 is 0 Å². The number of thioether (sulfide) groups is 1. The molecule has 2 nitrogen and oxygen atoms in total. The normalized spacial score (nSPS) is 10.4. The minimum Gasteiger partial charge on any atom is -0.423 e. The van der Waals surface area contributed by atoms with Crippen LogP contribution in [0.1, 0.15) is 12.5 Å². The van der Waals surface area contributed by atoms with E-state index in [9.17, 15) is 4.39 Å². The molecule has 0 amide bonds. The van der Waals surface area contributed by atoms with Gasteiger partial charge in [0.25, 0.3) is 0 Å². The lowest BCUT2D eigenvalue weighted by Gasteiger charge is -2.08. The summed E-state index contributed by atoms with van der Waals surface area (Å²) in [4.78, 5) is 0.886. The van der Waals surface area contributed by atoms with Gasteiger partial charge < -0.3 is 10.0 Å². The smallest absolute Gasteiger partial charge is 0.423 e. The van der Waals surface area contributed by atoms with Gasteiger partial charge >= 0.3 is 7.12 Å². The van der Waals surface area contributed by atoms with Crippen LogP contribution in [0.4, 0.5) is 4.39 Å². The summed E-state index contributed by atoms with van der Waals surface area (Å²) in [5.74, 6) is 0.297. The Hall–Kier alpha value is -0.515. The molecule has 0 aliphatic carbocycles. The minimum atomic E-state index is -1.74. The summed E-state index contributed by atoms with van der Waals surface area (Å²) >= 11 is 1.55. The van der Waals surface area contributed by atoms with Crippen LogP contribution in [0.25, 0.3) is 0 Å². The Balaban J connectivity index is 3.13. The van der Waals surface area contributed by atoms with E-state index in [1.54, 1.807) is 18.7 Å². The highest BCUT2D eigenvalue weighted by atomic mass is 32.2. The van der Waals surface area contributed by atoms with E-state index in [0.717, 1.165) is 16.2 Å². The summed E-state index contributed by atoms with van der Waals surface area (Å²) in [7, 11) is -1.74. The van der Waals surface area contributed by atoms with Gasteiger partial charge in [0.15, 0.2) is 0 Å². The van der Waals surface area contributed by atoms with Gasteiger partial charge in [0.1, 0.15) is 5.82 Å². The van der Waals surface area contributed by atoms with Crippen LogP contribution in [0, 0.1) is 12.7 Å². The molecule has 0 aliphatic heterocycles. The van der Waals surface area contributed by atoms with E-state index in [4.69, 9.17) is 10.0 Å². The molecule has 0 saturated heterocycles. The molecule has 0 aliphatic rings. The largest absolute Gasteiger partial charge is 0.491 e. The Morgan fingerprint density at radius 3 is 2.57 bits per heavy atom. The quantitative estimate of drug-likeness (QED) is 0.580. The highest BCUT2D eigenvalue weighted by Crippen LogP contribution is 2.21. The van der Waals surface area contributed by atoms with Crippen LogP contribution in [0.2, 0.25) is 0 Å². The van der Waals surface area contributed by atoms with Crippen molar-refractivity contribution in [3.8, 4) is 0 Å². The molecule has 1 aromatic rings. The summed E-state index contributed by atoms with van der Waals surface area (Å²) in [5.41, 5.74) is 0.755. The summed E-state index contributed by atoms with van der Waals surface area (Å²) in [5, 5.41) is 17.8. The number of aryl methyl sites for hydroxylation is 1. The Labute approximate surface area is 87.3 Å². The molecule has 14 heavy (non-hydrogen) atoms. The fourth-order valence-corrected chi connectivity index (χ4v) is 1.99. The molecule has 76 valence electrons. The zero-order chi connectivity index (χ0) is 10.7. The average molecular weight is 214 g/mol. The van der Waals surface area contributed by atoms with Crippen molar-refractivity contribution in [2.45, 2.75) is 18.7 Å². The number of hydrogen-bond donors (Lipinski definition) is 2. The molecule has 0 spiro atoms. The molecule has 0 aromatic heterocycles. The lowest BCUT2D eigenvalue weighted by Crippen LogP contribution is -2.33. The van der Waals surface area contributed by atoms with Gasteiger partial charge in [0.05, 0.1) is 0 Å². The van der Waals surface area contributed by atoms with Crippen LogP contribution < -0.4 is 5.46 Å². The Morgan fingerprint density at radius 2 is 2.07 bits per heavy atom. The Morgan fingerprint density at radius 1 is 1.43 bits per heavy atom. The highest BCUT2D eigenvalue weighted by Gasteiger charge is 2.18. The van der Waals surface area contributed by atoms with E-state index < -0.39 is 12.9 Å². The van der Waals surface area contributed by atoms with Crippen LogP contribution in [0.3, 0.4) is 0 Å². The Kier molecular flexibility index (Phi) is 3.98. The monoisotopic (exact) mass is 214 g/mol. The third kappa shape index (κ3) is 2.50. The first-order valence-corrected chi connectivity index (χ1v) is 5.33. The van der Waals surface area contributed by atoms with Crippen molar-refractivity contribution in [3.63, 3.8) is 0 Å². The summed E-state index contributed by atoms with van der Waals surface area (Å²) < 4.78 is 13.2. The SMILES string of the molecule is CCSc1cc(B(O)O)c(F)cc1C. The van der Waals surface area contributed by atoms with Crippen molar-refractivity contribution >= 4 is 24.3 Å². The maximum Gasteiger partial charge on any atom is 0.491 e. The van der Waals surface area contributed by atoms with Gasteiger partial charge in [0, 0.05) is 10.4 Å². The fraction of sp³-hybridized carbons (Fsp3) is 0.333. The van der Waals surface area contributed by atoms with Crippen LogP contribution in [0.5, 0.6) is 0 Å². The number of benzene rings is 1. The molecule has 0 fully saturated rings. The molecule has 5 heteroatoms. The van der Waals surface area contributed by atoms with Crippen molar-refractivity contribution in [1.82, 2.24) is 0 Å². The number of halogens is 1. The average Bonchev–Trinajstić information content (AvgIpc) is 2.09. The Bertz CT molecular complexity index is 331. The van der Waals surface area contributed by atoms with Gasteiger partial charge in [-0.05, 0) is 30.4 Å². The zero-order valence-corrected chi connectivity index (χ0v) is 8.94. The summed E-state index contributed by atoms with van der Waals surface area (Å²) in [6, 6.07) is 2.82. The molecule has 0 heterocycles. The molecule has 1 aromatic carbocycles. The predicted octanol–water partition coefficient (Wildman–Crippen LogP) is 0.926. The third-order valence-electron chi connectivity index (χ3n) is 1.87. The number of rotatable bonds is 3. The lowest BCUT2D eigenvalue weighted by molar-refractivity contribution is 0.423. The van der Waals surface area contributed by atoms with E-state index in [2.05, 4.69) is 0 Å². The third-order valence-corrected chi connectivity index (χ3v) is 2.91. The number of hydrogen-bond acceptors (Lipinski definition) is 3.